The van der Waals surface area contributed by atoms with Crippen LogP contribution in [0.4, 0.5) is 5.69 Å². The molecule has 0 saturated heterocycles. The first kappa shape index (κ1) is 12.3. The Morgan fingerprint density at radius 1 is 1.22 bits per heavy atom. The lowest BCUT2D eigenvalue weighted by Crippen LogP contribution is -2.07. The monoisotopic (exact) mass is 237 g/mol. The molecule has 0 radical (unpaired) electrons. The first-order valence-corrected chi connectivity index (χ1v) is 6.00. The molecule has 2 rings (SSSR count). The number of nitrogens with zero attached hydrogens (tertiary/aromatic N) is 2. The third-order valence-electron chi connectivity index (χ3n) is 2.74. The Morgan fingerprint density at radius 3 is 2.61 bits per heavy atom. The second-order valence-corrected chi connectivity index (χ2v) is 4.36. The molecule has 0 N–H and O–H groups in total. The molecule has 0 saturated carbocycles. The SMILES string of the molecule is CN(C)c1ccc(C=CCC2=[C+]C=NC=C2)cc1. The van der Waals surface area contributed by atoms with Crippen LogP contribution < -0.4 is 4.90 Å². The highest BCUT2D eigenvalue weighted by Gasteiger charge is 2.03. The fourth-order valence-corrected chi connectivity index (χ4v) is 1.68. The minimum Gasteiger partial charge on any atom is -0.378 e. The van der Waals surface area contributed by atoms with Crippen LogP contribution in [0.5, 0.6) is 0 Å². The molecule has 2 nitrogen and oxygen atoms in total. The Balaban J connectivity index is 1.95. The lowest BCUT2D eigenvalue weighted by atomic mass is 10.1. The molecule has 1 aromatic rings. The van der Waals surface area contributed by atoms with Gasteiger partial charge in [0.1, 0.15) is 12.3 Å². The number of anilines is 1. The number of hydrogen-bond acceptors (Lipinski definition) is 2. The van der Waals surface area contributed by atoms with Gasteiger partial charge in [-0.3, -0.25) is 0 Å². The summed E-state index contributed by atoms with van der Waals surface area (Å²) < 4.78 is 0. The van der Waals surface area contributed by atoms with Crippen LogP contribution in [0.2, 0.25) is 0 Å². The first-order valence-electron chi connectivity index (χ1n) is 6.00. The van der Waals surface area contributed by atoms with Crippen LogP contribution in [0.15, 0.2) is 53.2 Å². The number of benzene rings is 1. The molecule has 0 aromatic heterocycles. The summed E-state index contributed by atoms with van der Waals surface area (Å²) >= 11 is 0. The van der Waals surface area contributed by atoms with E-state index in [4.69, 9.17) is 0 Å². The molecule has 0 atom stereocenters. The molecule has 0 bridgehead atoms. The van der Waals surface area contributed by atoms with Crippen molar-refractivity contribution in [3.63, 3.8) is 0 Å². The van der Waals surface area contributed by atoms with Gasteiger partial charge in [-0.15, -0.1) is 0 Å². The summed E-state index contributed by atoms with van der Waals surface area (Å²) in [5.74, 6) is 0. The van der Waals surface area contributed by atoms with Crippen molar-refractivity contribution in [3.8, 4) is 0 Å². The standard InChI is InChI=1S/C16H17N2/c1-18(2)16-8-6-14(7-9-16)4-3-5-15-10-12-17-13-11-15/h3-4,6-10,12-13H,5H2,1-2H3/q+1. The molecule has 1 aromatic carbocycles. The molecule has 1 heterocycles. The van der Waals surface area contributed by atoms with Gasteiger partial charge < -0.3 is 4.90 Å². The normalized spacial score (nSPS) is 13.6. The number of aliphatic imine (C=N–C) groups is 1. The van der Waals surface area contributed by atoms with Gasteiger partial charge in [0.25, 0.3) is 0 Å². The van der Waals surface area contributed by atoms with Crippen LogP contribution in [0.25, 0.3) is 6.08 Å². The third-order valence-corrected chi connectivity index (χ3v) is 2.74. The zero-order valence-corrected chi connectivity index (χ0v) is 10.8. The van der Waals surface area contributed by atoms with Gasteiger partial charge in [0.2, 0.25) is 0 Å². The summed E-state index contributed by atoms with van der Waals surface area (Å²) in [6.07, 6.45) is 13.8. The van der Waals surface area contributed by atoms with E-state index in [1.807, 2.05) is 20.2 Å². The van der Waals surface area contributed by atoms with Crippen molar-refractivity contribution in [2.75, 3.05) is 19.0 Å². The van der Waals surface area contributed by atoms with Gasteiger partial charge in [-0.05, 0) is 17.7 Å². The summed E-state index contributed by atoms with van der Waals surface area (Å²) in [5.41, 5.74) is 3.59. The van der Waals surface area contributed by atoms with Gasteiger partial charge in [0.05, 0.1) is 6.08 Å². The highest BCUT2D eigenvalue weighted by molar-refractivity contribution is 5.70. The molecular weight excluding hydrogens is 220 g/mol. The summed E-state index contributed by atoms with van der Waals surface area (Å²) in [4.78, 5) is 6.05. The Hall–Kier alpha value is -2.18. The van der Waals surface area contributed by atoms with Crippen molar-refractivity contribution in [2.45, 2.75) is 6.42 Å². The molecule has 0 unspecified atom stereocenters. The average Bonchev–Trinajstić information content (AvgIpc) is 2.40. The smallest absolute Gasteiger partial charge is 0.179 e. The Morgan fingerprint density at radius 2 is 2.00 bits per heavy atom. The van der Waals surface area contributed by atoms with E-state index in [0.29, 0.717) is 0 Å². The van der Waals surface area contributed by atoms with E-state index in [1.165, 1.54) is 11.3 Å². The van der Waals surface area contributed by atoms with Crippen molar-refractivity contribution < 1.29 is 0 Å². The van der Waals surface area contributed by atoms with E-state index in [-0.39, 0.29) is 0 Å². The predicted octanol–water partition coefficient (Wildman–Crippen LogP) is 3.48. The molecule has 18 heavy (non-hydrogen) atoms. The second-order valence-electron chi connectivity index (χ2n) is 4.36. The van der Waals surface area contributed by atoms with Crippen LogP contribution >= 0.6 is 0 Å². The predicted molar refractivity (Wildman–Crippen MR) is 78.8 cm³/mol. The van der Waals surface area contributed by atoms with E-state index in [9.17, 15) is 0 Å². The highest BCUT2D eigenvalue weighted by atomic mass is 15.1. The van der Waals surface area contributed by atoms with E-state index < -0.39 is 0 Å². The third kappa shape index (κ3) is 3.41. The molecule has 0 amide bonds. The number of hydrogen-bond donors (Lipinski definition) is 0. The minimum atomic E-state index is 0.887. The van der Waals surface area contributed by atoms with Gasteiger partial charge >= 0.3 is 0 Å². The Kier molecular flexibility index (Phi) is 4.06. The maximum atomic E-state index is 3.95. The minimum absolute atomic E-state index is 0.887. The average molecular weight is 237 g/mol. The molecule has 2 heteroatoms. The van der Waals surface area contributed by atoms with Crippen LogP contribution in [-0.4, -0.2) is 20.3 Å². The van der Waals surface area contributed by atoms with E-state index >= 15 is 0 Å². The molecule has 0 spiro atoms. The molecule has 0 aliphatic carbocycles. The van der Waals surface area contributed by atoms with Crippen molar-refractivity contribution in [1.29, 1.82) is 0 Å². The zero-order valence-electron chi connectivity index (χ0n) is 10.8. The first-order chi connectivity index (χ1) is 8.75. The van der Waals surface area contributed by atoms with Gasteiger partial charge in [-0.25, -0.2) is 4.99 Å². The highest BCUT2D eigenvalue weighted by Crippen LogP contribution is 2.14. The lowest BCUT2D eigenvalue weighted by Gasteiger charge is -2.11. The summed E-state index contributed by atoms with van der Waals surface area (Å²) in [6.45, 7) is 0. The topological polar surface area (TPSA) is 15.6 Å². The van der Waals surface area contributed by atoms with Gasteiger partial charge in [-0.2, -0.15) is 0 Å². The van der Waals surface area contributed by atoms with Gasteiger partial charge in [0, 0.05) is 26.2 Å². The molecule has 90 valence electrons. The number of allylic oxidation sites excluding steroid dienone is 4. The van der Waals surface area contributed by atoms with Crippen molar-refractivity contribution in [1.82, 2.24) is 0 Å². The summed E-state index contributed by atoms with van der Waals surface area (Å²) in [6, 6.07) is 8.50. The molecule has 1 aliphatic heterocycles. The van der Waals surface area contributed by atoms with Crippen LogP contribution in [0.1, 0.15) is 12.0 Å². The Bertz CT molecular complexity index is 502. The Labute approximate surface area is 109 Å². The summed E-state index contributed by atoms with van der Waals surface area (Å²) in [7, 11) is 4.09. The van der Waals surface area contributed by atoms with Gasteiger partial charge in [0.15, 0.2) is 11.8 Å². The van der Waals surface area contributed by atoms with E-state index in [2.05, 4.69) is 52.4 Å². The van der Waals surface area contributed by atoms with Crippen LogP contribution in [0, 0.1) is 6.08 Å². The largest absolute Gasteiger partial charge is 0.378 e. The van der Waals surface area contributed by atoms with Crippen LogP contribution in [-0.2, 0) is 0 Å². The quantitative estimate of drug-likeness (QED) is 0.732. The van der Waals surface area contributed by atoms with Gasteiger partial charge in [-0.1, -0.05) is 24.3 Å². The fraction of sp³-hybridized carbons (Fsp3) is 0.188. The second kappa shape index (κ2) is 5.95. The maximum Gasteiger partial charge on any atom is 0.179 e. The molecule has 0 fully saturated rings. The maximum absolute atomic E-state index is 3.95. The fourth-order valence-electron chi connectivity index (χ4n) is 1.68. The number of rotatable bonds is 4. The summed E-state index contributed by atoms with van der Waals surface area (Å²) in [5, 5.41) is 0. The van der Waals surface area contributed by atoms with Crippen molar-refractivity contribution in [2.24, 2.45) is 4.99 Å². The molecule has 1 aliphatic rings. The molecular formula is C16H17N2+. The van der Waals surface area contributed by atoms with Crippen LogP contribution in [0.3, 0.4) is 0 Å². The van der Waals surface area contributed by atoms with Crippen molar-refractivity contribution in [3.05, 3.63) is 59.8 Å². The lowest BCUT2D eigenvalue weighted by molar-refractivity contribution is 1.13. The van der Waals surface area contributed by atoms with Crippen molar-refractivity contribution >= 4 is 18.0 Å². The van der Waals surface area contributed by atoms with E-state index in [0.717, 1.165) is 12.0 Å². The zero-order chi connectivity index (χ0) is 12.8. The van der Waals surface area contributed by atoms with E-state index in [1.54, 1.807) is 12.4 Å².